The van der Waals surface area contributed by atoms with Gasteiger partial charge >= 0.3 is 5.69 Å². The number of nitro groups is 1. The van der Waals surface area contributed by atoms with Gasteiger partial charge in [0.2, 0.25) is 5.82 Å². The lowest BCUT2D eigenvalue weighted by Gasteiger charge is -2.16. The Morgan fingerprint density at radius 1 is 1.73 bits per heavy atom. The molecule has 7 heteroatoms. The van der Waals surface area contributed by atoms with E-state index in [1.54, 1.807) is 7.05 Å². The first-order valence-corrected chi connectivity index (χ1v) is 4.76. The molecule has 0 amide bonds. The second-order valence-electron chi connectivity index (χ2n) is 3.73. The molecule has 0 spiro atoms. The maximum absolute atomic E-state index is 10.8. The molecule has 7 nitrogen and oxygen atoms in total. The van der Waals surface area contributed by atoms with Gasteiger partial charge in [0.15, 0.2) is 0 Å². The van der Waals surface area contributed by atoms with Gasteiger partial charge in [-0.15, -0.1) is 0 Å². The SMILES string of the molecule is Cn1ncc([N+](=O)[O-])c1N1CCC(N)C1. The molecule has 0 aliphatic carbocycles. The van der Waals surface area contributed by atoms with Crippen molar-refractivity contribution in [2.75, 3.05) is 18.0 Å². The van der Waals surface area contributed by atoms with Gasteiger partial charge in [-0.1, -0.05) is 0 Å². The molecule has 1 unspecified atom stereocenters. The summed E-state index contributed by atoms with van der Waals surface area (Å²) in [6.45, 7) is 1.40. The summed E-state index contributed by atoms with van der Waals surface area (Å²) in [7, 11) is 1.70. The smallest absolute Gasteiger partial charge is 0.331 e. The quantitative estimate of drug-likeness (QED) is 0.543. The van der Waals surface area contributed by atoms with Crippen molar-refractivity contribution in [1.29, 1.82) is 0 Å². The van der Waals surface area contributed by atoms with Crippen LogP contribution in [0.5, 0.6) is 0 Å². The van der Waals surface area contributed by atoms with Crippen LogP contribution in [0.2, 0.25) is 0 Å². The third kappa shape index (κ3) is 1.65. The van der Waals surface area contributed by atoms with Gasteiger partial charge in [-0.05, 0) is 6.42 Å². The van der Waals surface area contributed by atoms with E-state index in [4.69, 9.17) is 5.73 Å². The Kier molecular flexibility index (Phi) is 2.31. The fourth-order valence-electron chi connectivity index (χ4n) is 1.89. The molecule has 2 rings (SSSR count). The third-order valence-electron chi connectivity index (χ3n) is 2.61. The maximum atomic E-state index is 10.8. The normalized spacial score (nSPS) is 20.9. The number of rotatable bonds is 2. The van der Waals surface area contributed by atoms with Crippen molar-refractivity contribution < 1.29 is 4.92 Å². The van der Waals surface area contributed by atoms with Gasteiger partial charge in [0.25, 0.3) is 0 Å². The molecule has 1 aliphatic rings. The number of anilines is 1. The zero-order chi connectivity index (χ0) is 11.0. The lowest BCUT2D eigenvalue weighted by molar-refractivity contribution is -0.384. The van der Waals surface area contributed by atoms with E-state index >= 15 is 0 Å². The minimum atomic E-state index is -0.411. The molecule has 0 saturated carbocycles. The van der Waals surface area contributed by atoms with Crippen LogP contribution in [-0.2, 0) is 7.05 Å². The highest BCUT2D eigenvalue weighted by atomic mass is 16.6. The van der Waals surface area contributed by atoms with E-state index in [1.807, 2.05) is 4.90 Å². The molecule has 1 aliphatic heterocycles. The molecular weight excluding hydrogens is 198 g/mol. The minimum Gasteiger partial charge on any atom is -0.349 e. The fraction of sp³-hybridized carbons (Fsp3) is 0.625. The van der Waals surface area contributed by atoms with Crippen molar-refractivity contribution in [2.45, 2.75) is 12.5 Å². The Bertz CT molecular complexity index is 388. The minimum absolute atomic E-state index is 0.0478. The number of nitrogens with zero attached hydrogens (tertiary/aromatic N) is 4. The predicted octanol–water partition coefficient (Wildman–Crippen LogP) is -0.134. The van der Waals surface area contributed by atoms with Crippen molar-refractivity contribution in [1.82, 2.24) is 9.78 Å². The molecule has 2 N–H and O–H groups in total. The molecule has 0 radical (unpaired) electrons. The lowest BCUT2D eigenvalue weighted by Crippen LogP contribution is -2.28. The number of nitrogens with two attached hydrogens (primary N) is 1. The van der Waals surface area contributed by atoms with Crippen molar-refractivity contribution >= 4 is 11.5 Å². The van der Waals surface area contributed by atoms with Gasteiger partial charge < -0.3 is 10.6 Å². The van der Waals surface area contributed by atoms with Crippen molar-refractivity contribution in [2.24, 2.45) is 12.8 Å². The summed E-state index contributed by atoms with van der Waals surface area (Å²) in [4.78, 5) is 12.3. The summed E-state index contributed by atoms with van der Waals surface area (Å²) < 4.78 is 1.52. The van der Waals surface area contributed by atoms with E-state index in [-0.39, 0.29) is 11.7 Å². The summed E-state index contributed by atoms with van der Waals surface area (Å²) in [5, 5.41) is 14.7. The van der Waals surface area contributed by atoms with E-state index in [0.29, 0.717) is 12.4 Å². The molecule has 0 aromatic carbocycles. The number of hydrogen-bond acceptors (Lipinski definition) is 5. The maximum Gasteiger partial charge on any atom is 0.331 e. The summed E-state index contributed by atoms with van der Waals surface area (Å²) in [5.41, 5.74) is 5.81. The summed E-state index contributed by atoms with van der Waals surface area (Å²) >= 11 is 0. The average Bonchev–Trinajstić information content (AvgIpc) is 2.71. The Hall–Kier alpha value is -1.63. The number of aromatic nitrogens is 2. The summed E-state index contributed by atoms with van der Waals surface area (Å²) in [5.74, 6) is 0.549. The molecule has 15 heavy (non-hydrogen) atoms. The van der Waals surface area contributed by atoms with Crippen LogP contribution in [0.4, 0.5) is 11.5 Å². The topological polar surface area (TPSA) is 90.2 Å². The van der Waals surface area contributed by atoms with Gasteiger partial charge in [-0.2, -0.15) is 5.10 Å². The van der Waals surface area contributed by atoms with Crippen LogP contribution in [0.15, 0.2) is 6.20 Å². The van der Waals surface area contributed by atoms with Crippen LogP contribution < -0.4 is 10.6 Å². The second kappa shape index (κ2) is 3.50. The van der Waals surface area contributed by atoms with Crippen LogP contribution in [0, 0.1) is 10.1 Å². The number of aryl methyl sites for hydroxylation is 1. The van der Waals surface area contributed by atoms with E-state index in [9.17, 15) is 10.1 Å². The fourth-order valence-corrected chi connectivity index (χ4v) is 1.89. The highest BCUT2D eigenvalue weighted by molar-refractivity contribution is 5.58. The zero-order valence-electron chi connectivity index (χ0n) is 8.46. The van der Waals surface area contributed by atoms with Crippen LogP contribution >= 0.6 is 0 Å². The van der Waals surface area contributed by atoms with Gasteiger partial charge in [0.05, 0.1) is 4.92 Å². The first kappa shape index (κ1) is 9.91. The largest absolute Gasteiger partial charge is 0.349 e. The van der Waals surface area contributed by atoms with Gasteiger partial charge in [-0.25, -0.2) is 4.68 Å². The zero-order valence-corrected chi connectivity index (χ0v) is 8.46. The molecule has 1 fully saturated rings. The van der Waals surface area contributed by atoms with E-state index in [0.717, 1.165) is 13.0 Å². The Morgan fingerprint density at radius 3 is 3.00 bits per heavy atom. The highest BCUT2D eigenvalue weighted by Crippen LogP contribution is 2.29. The molecule has 2 heterocycles. The monoisotopic (exact) mass is 211 g/mol. The first-order valence-electron chi connectivity index (χ1n) is 4.76. The molecule has 1 aromatic rings. The summed E-state index contributed by atoms with van der Waals surface area (Å²) in [6.07, 6.45) is 2.14. The van der Waals surface area contributed by atoms with E-state index < -0.39 is 4.92 Å². The van der Waals surface area contributed by atoms with Crippen molar-refractivity contribution in [3.63, 3.8) is 0 Å². The number of hydrogen-bond donors (Lipinski definition) is 1. The van der Waals surface area contributed by atoms with Gasteiger partial charge in [0, 0.05) is 26.2 Å². The molecule has 1 atom stereocenters. The summed E-state index contributed by atoms with van der Waals surface area (Å²) in [6, 6.07) is 0.0968. The molecule has 0 bridgehead atoms. The van der Waals surface area contributed by atoms with Crippen LogP contribution in [-0.4, -0.2) is 33.8 Å². The molecule has 1 aromatic heterocycles. The van der Waals surface area contributed by atoms with Crippen LogP contribution in [0.3, 0.4) is 0 Å². The molecular formula is C8H13N5O2. The Morgan fingerprint density at radius 2 is 2.47 bits per heavy atom. The van der Waals surface area contributed by atoms with E-state index in [2.05, 4.69) is 5.10 Å². The van der Waals surface area contributed by atoms with Gasteiger partial charge in [0.1, 0.15) is 6.20 Å². The molecule has 1 saturated heterocycles. The molecule has 82 valence electrons. The highest BCUT2D eigenvalue weighted by Gasteiger charge is 2.29. The van der Waals surface area contributed by atoms with E-state index in [1.165, 1.54) is 10.9 Å². The second-order valence-corrected chi connectivity index (χ2v) is 3.73. The lowest BCUT2D eigenvalue weighted by atomic mass is 10.3. The van der Waals surface area contributed by atoms with Gasteiger partial charge in [-0.3, -0.25) is 10.1 Å². The van der Waals surface area contributed by atoms with Crippen molar-refractivity contribution in [3.05, 3.63) is 16.3 Å². The standard InChI is InChI=1S/C8H13N5O2/c1-11-8(7(4-10-11)13(14)15)12-3-2-6(9)5-12/h4,6H,2-3,5,9H2,1H3. The van der Waals surface area contributed by atoms with Crippen molar-refractivity contribution in [3.8, 4) is 0 Å². The van der Waals surface area contributed by atoms with Crippen LogP contribution in [0.25, 0.3) is 0 Å². The average molecular weight is 211 g/mol. The third-order valence-corrected chi connectivity index (χ3v) is 2.61. The first-order chi connectivity index (χ1) is 7.09. The predicted molar refractivity (Wildman–Crippen MR) is 54.7 cm³/mol. The Balaban J connectivity index is 2.34. The van der Waals surface area contributed by atoms with Crippen LogP contribution in [0.1, 0.15) is 6.42 Å². The Labute approximate surface area is 86.6 Å².